The predicted octanol–water partition coefficient (Wildman–Crippen LogP) is 4.79. The zero-order valence-corrected chi connectivity index (χ0v) is 19.3. The fourth-order valence-electron chi connectivity index (χ4n) is 3.13. The number of methoxy groups -OCH3 is 1. The minimum Gasteiger partial charge on any atom is -0.497 e. The molecule has 0 bridgehead atoms. The van der Waals surface area contributed by atoms with Gasteiger partial charge in [0.25, 0.3) is 0 Å². The lowest BCUT2D eigenvalue weighted by Crippen LogP contribution is -2.15. The first-order valence-corrected chi connectivity index (χ1v) is 11.1. The Kier molecular flexibility index (Phi) is 7.57. The number of carbonyl (C=O) groups is 1. The van der Waals surface area contributed by atoms with Crippen LogP contribution in [0.3, 0.4) is 0 Å². The van der Waals surface area contributed by atoms with E-state index in [-0.39, 0.29) is 17.7 Å². The van der Waals surface area contributed by atoms with Crippen LogP contribution in [0, 0.1) is 13.8 Å². The van der Waals surface area contributed by atoms with Crippen molar-refractivity contribution in [2.24, 2.45) is 0 Å². The number of nitrogens with one attached hydrogen (secondary N) is 1. The lowest BCUT2D eigenvalue weighted by Gasteiger charge is -2.15. The molecule has 0 aliphatic carbocycles. The number of rotatable bonds is 9. The van der Waals surface area contributed by atoms with Crippen molar-refractivity contribution in [3.05, 3.63) is 59.4 Å². The summed E-state index contributed by atoms with van der Waals surface area (Å²) < 4.78 is 13.1. The summed E-state index contributed by atoms with van der Waals surface area (Å²) in [6, 6.07) is 13.4. The van der Waals surface area contributed by atoms with Gasteiger partial charge < -0.3 is 19.4 Å². The standard InChI is InChI=1S/C23H28N4O3S/c1-15(2)27-21(13-30-20-11-6-16(3)12-17(20)4)25-26-23(27)31-14-22(28)24-18-7-9-19(29-5)10-8-18/h6-12,15H,13-14H2,1-5H3,(H,24,28). The van der Waals surface area contributed by atoms with Gasteiger partial charge in [0.1, 0.15) is 18.1 Å². The van der Waals surface area contributed by atoms with Crippen molar-refractivity contribution in [2.75, 3.05) is 18.2 Å². The Bertz CT molecular complexity index is 1030. The van der Waals surface area contributed by atoms with Crippen molar-refractivity contribution >= 4 is 23.4 Å². The SMILES string of the molecule is COc1ccc(NC(=O)CSc2nnc(COc3ccc(C)cc3C)n2C(C)C)cc1. The summed E-state index contributed by atoms with van der Waals surface area (Å²) in [7, 11) is 1.61. The quantitative estimate of drug-likeness (QED) is 0.482. The number of carbonyl (C=O) groups excluding carboxylic acids is 1. The van der Waals surface area contributed by atoms with Gasteiger partial charge >= 0.3 is 0 Å². The number of nitrogens with zero attached hydrogens (tertiary/aromatic N) is 3. The molecule has 0 unspecified atom stereocenters. The van der Waals surface area contributed by atoms with Gasteiger partial charge in [0, 0.05) is 11.7 Å². The summed E-state index contributed by atoms with van der Waals surface area (Å²) in [6.45, 7) is 8.52. The van der Waals surface area contributed by atoms with Crippen LogP contribution in [0.1, 0.15) is 36.8 Å². The second-order valence-corrected chi connectivity index (χ2v) is 8.43. The van der Waals surface area contributed by atoms with E-state index in [4.69, 9.17) is 9.47 Å². The molecule has 0 fully saturated rings. The van der Waals surface area contributed by atoms with Gasteiger partial charge in [-0.3, -0.25) is 4.79 Å². The van der Waals surface area contributed by atoms with E-state index in [0.29, 0.717) is 11.8 Å². The van der Waals surface area contributed by atoms with Gasteiger partial charge in [-0.1, -0.05) is 29.5 Å². The number of anilines is 1. The van der Waals surface area contributed by atoms with Crippen LogP contribution in [0.25, 0.3) is 0 Å². The third-order valence-electron chi connectivity index (χ3n) is 4.64. The average Bonchev–Trinajstić information content (AvgIpc) is 3.15. The third-order valence-corrected chi connectivity index (χ3v) is 5.59. The molecule has 164 valence electrons. The zero-order chi connectivity index (χ0) is 22.4. The number of thioether (sulfide) groups is 1. The summed E-state index contributed by atoms with van der Waals surface area (Å²) in [5.41, 5.74) is 3.00. The van der Waals surface area contributed by atoms with E-state index < -0.39 is 0 Å². The van der Waals surface area contributed by atoms with Crippen molar-refractivity contribution in [2.45, 2.75) is 45.5 Å². The van der Waals surface area contributed by atoms with Crippen LogP contribution in [0.2, 0.25) is 0 Å². The van der Waals surface area contributed by atoms with Crippen LogP contribution in [-0.4, -0.2) is 33.5 Å². The molecule has 3 rings (SSSR count). The van der Waals surface area contributed by atoms with Crippen molar-refractivity contribution in [1.29, 1.82) is 0 Å². The number of ether oxygens (including phenoxy) is 2. The van der Waals surface area contributed by atoms with E-state index in [1.165, 1.54) is 17.3 Å². The summed E-state index contributed by atoms with van der Waals surface area (Å²) in [6.07, 6.45) is 0. The number of aromatic nitrogens is 3. The smallest absolute Gasteiger partial charge is 0.234 e. The number of hydrogen-bond donors (Lipinski definition) is 1. The second-order valence-electron chi connectivity index (χ2n) is 7.49. The molecule has 31 heavy (non-hydrogen) atoms. The summed E-state index contributed by atoms with van der Waals surface area (Å²) >= 11 is 1.36. The largest absolute Gasteiger partial charge is 0.497 e. The highest BCUT2D eigenvalue weighted by atomic mass is 32.2. The van der Waals surface area contributed by atoms with Gasteiger partial charge in [-0.25, -0.2) is 0 Å². The Morgan fingerprint density at radius 1 is 1.13 bits per heavy atom. The fraction of sp³-hybridized carbons (Fsp3) is 0.348. The molecule has 0 spiro atoms. The van der Waals surface area contributed by atoms with E-state index in [1.807, 2.05) is 23.6 Å². The number of aryl methyl sites for hydroxylation is 2. The van der Waals surface area contributed by atoms with Crippen LogP contribution in [0.4, 0.5) is 5.69 Å². The molecule has 0 radical (unpaired) electrons. The van der Waals surface area contributed by atoms with Crippen LogP contribution in [-0.2, 0) is 11.4 Å². The molecular weight excluding hydrogens is 412 g/mol. The normalized spacial score (nSPS) is 10.9. The molecule has 2 aromatic carbocycles. The summed E-state index contributed by atoms with van der Waals surface area (Å²) in [5.74, 6) is 2.42. The first kappa shape index (κ1) is 22.7. The zero-order valence-electron chi connectivity index (χ0n) is 18.5. The first-order valence-electron chi connectivity index (χ1n) is 10.1. The van der Waals surface area contributed by atoms with Gasteiger partial charge in [-0.15, -0.1) is 10.2 Å². The minimum absolute atomic E-state index is 0.110. The topological polar surface area (TPSA) is 78.3 Å². The van der Waals surface area contributed by atoms with Crippen LogP contribution in [0.5, 0.6) is 11.5 Å². The molecule has 0 aliphatic rings. The van der Waals surface area contributed by atoms with Crippen molar-refractivity contribution in [1.82, 2.24) is 14.8 Å². The monoisotopic (exact) mass is 440 g/mol. The Morgan fingerprint density at radius 2 is 1.87 bits per heavy atom. The average molecular weight is 441 g/mol. The van der Waals surface area contributed by atoms with Crippen molar-refractivity contribution < 1.29 is 14.3 Å². The summed E-state index contributed by atoms with van der Waals surface area (Å²) in [4.78, 5) is 12.4. The summed E-state index contributed by atoms with van der Waals surface area (Å²) in [5, 5.41) is 12.2. The molecule has 0 saturated heterocycles. The van der Waals surface area contributed by atoms with E-state index >= 15 is 0 Å². The first-order chi connectivity index (χ1) is 14.9. The Morgan fingerprint density at radius 3 is 2.52 bits per heavy atom. The van der Waals surface area contributed by atoms with E-state index in [9.17, 15) is 4.79 Å². The fourth-order valence-corrected chi connectivity index (χ4v) is 4.01. The molecule has 8 heteroatoms. The lowest BCUT2D eigenvalue weighted by atomic mass is 10.1. The highest BCUT2D eigenvalue weighted by Gasteiger charge is 2.17. The van der Waals surface area contributed by atoms with Gasteiger partial charge in [0.15, 0.2) is 11.0 Å². The van der Waals surface area contributed by atoms with E-state index in [0.717, 1.165) is 28.6 Å². The van der Waals surface area contributed by atoms with Gasteiger partial charge in [-0.05, 0) is 63.6 Å². The highest BCUT2D eigenvalue weighted by Crippen LogP contribution is 2.24. The Balaban J connectivity index is 1.62. The Hall–Kier alpha value is -3.00. The van der Waals surface area contributed by atoms with Gasteiger partial charge in [-0.2, -0.15) is 0 Å². The maximum absolute atomic E-state index is 12.4. The lowest BCUT2D eigenvalue weighted by molar-refractivity contribution is -0.113. The second kappa shape index (κ2) is 10.3. The molecular formula is C23H28N4O3S. The molecule has 0 aliphatic heterocycles. The maximum Gasteiger partial charge on any atom is 0.234 e. The molecule has 1 N–H and O–H groups in total. The number of hydrogen-bond acceptors (Lipinski definition) is 6. The molecule has 1 heterocycles. The van der Waals surface area contributed by atoms with Crippen LogP contribution >= 0.6 is 11.8 Å². The minimum atomic E-state index is -0.110. The molecule has 7 nitrogen and oxygen atoms in total. The van der Waals surface area contributed by atoms with E-state index in [1.54, 1.807) is 31.4 Å². The predicted molar refractivity (Wildman–Crippen MR) is 123 cm³/mol. The molecule has 1 amide bonds. The van der Waals surface area contributed by atoms with Crippen LogP contribution < -0.4 is 14.8 Å². The van der Waals surface area contributed by atoms with Gasteiger partial charge in [0.05, 0.1) is 12.9 Å². The van der Waals surface area contributed by atoms with Crippen molar-refractivity contribution in [3.63, 3.8) is 0 Å². The maximum atomic E-state index is 12.4. The van der Waals surface area contributed by atoms with Gasteiger partial charge in [0.2, 0.25) is 5.91 Å². The van der Waals surface area contributed by atoms with Crippen LogP contribution in [0.15, 0.2) is 47.6 Å². The van der Waals surface area contributed by atoms with E-state index in [2.05, 4.69) is 42.4 Å². The Labute approximate surface area is 187 Å². The molecule has 0 atom stereocenters. The number of benzene rings is 2. The third kappa shape index (κ3) is 6.01. The number of amides is 1. The highest BCUT2D eigenvalue weighted by molar-refractivity contribution is 7.99. The molecule has 1 aromatic heterocycles. The molecule has 3 aromatic rings. The molecule has 0 saturated carbocycles. The van der Waals surface area contributed by atoms with Crippen molar-refractivity contribution in [3.8, 4) is 11.5 Å².